The Kier molecular flexibility index (Phi) is 2.28. The van der Waals surface area contributed by atoms with Crippen molar-refractivity contribution in [3.63, 3.8) is 0 Å². The Morgan fingerprint density at radius 1 is 2.00 bits per heavy atom. The van der Waals surface area contributed by atoms with E-state index in [-0.39, 0.29) is 0 Å². The van der Waals surface area contributed by atoms with E-state index in [0.29, 0.717) is 5.76 Å². The second-order valence-electron chi connectivity index (χ2n) is 0.779. The fourth-order valence-corrected chi connectivity index (χ4v) is 0. The van der Waals surface area contributed by atoms with Crippen LogP contribution in [0.1, 0.15) is 6.92 Å². The second kappa shape index (κ2) is 2.27. The molecule has 0 saturated heterocycles. The molecule has 0 aliphatic rings. The molecule has 0 rings (SSSR count). The molecule has 2 heteroatoms. The first-order valence-corrected chi connectivity index (χ1v) is 1.86. The predicted octanol–water partition coefficient (Wildman–Crippen LogP) is 1.85. The van der Waals surface area contributed by atoms with Gasteiger partial charge in [0.1, 0.15) is 5.76 Å². The van der Waals surface area contributed by atoms with Crippen LogP contribution in [0.2, 0.25) is 0 Å². The average molecular weight is 137 g/mol. The summed E-state index contributed by atoms with van der Waals surface area (Å²) in [6.07, 6.45) is 0. The van der Waals surface area contributed by atoms with Crippen LogP contribution >= 0.6 is 16.3 Å². The van der Waals surface area contributed by atoms with Gasteiger partial charge in [-0.1, -0.05) is 6.58 Å². The fraction of sp³-hybridized carbons (Fsp3) is 0.333. The number of hydrogen-bond donors (Lipinski definition) is 0. The standard InChI is InChI=1S/C3H5BrO/c1-3(2)5-4/h1H2,2H3. The summed E-state index contributed by atoms with van der Waals surface area (Å²) >= 11 is 2.71. The predicted molar refractivity (Wildman–Crippen MR) is 24.8 cm³/mol. The maximum atomic E-state index is 4.37. The van der Waals surface area contributed by atoms with Crippen LogP contribution in [0.5, 0.6) is 0 Å². The zero-order valence-corrected chi connectivity index (χ0v) is 4.58. The smallest absolute Gasteiger partial charge is 0.178 e. The Morgan fingerprint density at radius 2 is 2.20 bits per heavy atom. The highest BCUT2D eigenvalue weighted by Crippen LogP contribution is 1.93. The maximum Gasteiger partial charge on any atom is 0.178 e. The summed E-state index contributed by atoms with van der Waals surface area (Å²) < 4.78 is 4.37. The van der Waals surface area contributed by atoms with Gasteiger partial charge < -0.3 is 3.83 Å². The van der Waals surface area contributed by atoms with Crippen molar-refractivity contribution in [1.29, 1.82) is 0 Å². The third-order valence-electron chi connectivity index (χ3n) is 0.132. The highest BCUT2D eigenvalue weighted by molar-refractivity contribution is 9.06. The van der Waals surface area contributed by atoms with Crippen LogP contribution < -0.4 is 0 Å². The quantitative estimate of drug-likeness (QED) is 0.501. The van der Waals surface area contributed by atoms with E-state index >= 15 is 0 Å². The summed E-state index contributed by atoms with van der Waals surface area (Å²) in [4.78, 5) is 0. The van der Waals surface area contributed by atoms with E-state index in [2.05, 4.69) is 26.7 Å². The molecule has 0 atom stereocenters. The van der Waals surface area contributed by atoms with Gasteiger partial charge >= 0.3 is 0 Å². The van der Waals surface area contributed by atoms with Gasteiger partial charge in [-0.05, 0) is 6.92 Å². The number of allylic oxidation sites excluding steroid dienone is 1. The Labute approximate surface area is 40.1 Å². The van der Waals surface area contributed by atoms with Gasteiger partial charge in [0, 0.05) is 0 Å². The number of halogens is 1. The molecule has 0 amide bonds. The van der Waals surface area contributed by atoms with E-state index in [9.17, 15) is 0 Å². The monoisotopic (exact) mass is 136 g/mol. The third-order valence-corrected chi connectivity index (χ3v) is 0.684. The summed E-state index contributed by atoms with van der Waals surface area (Å²) in [5, 5.41) is 0. The Balaban J connectivity index is 2.85. The molecule has 0 saturated carbocycles. The van der Waals surface area contributed by atoms with Crippen molar-refractivity contribution in [2.24, 2.45) is 0 Å². The molecule has 5 heavy (non-hydrogen) atoms. The second-order valence-corrected chi connectivity index (χ2v) is 1.10. The summed E-state index contributed by atoms with van der Waals surface area (Å²) in [6.45, 7) is 5.16. The molecular weight excluding hydrogens is 132 g/mol. The van der Waals surface area contributed by atoms with Gasteiger partial charge in [-0.25, -0.2) is 0 Å². The first kappa shape index (κ1) is 5.02. The number of hydrogen-bond acceptors (Lipinski definition) is 1. The van der Waals surface area contributed by atoms with E-state index in [1.165, 1.54) is 0 Å². The van der Waals surface area contributed by atoms with Gasteiger partial charge in [0.25, 0.3) is 0 Å². The molecule has 0 fully saturated rings. The molecule has 0 N–H and O–H groups in total. The normalized spacial score (nSPS) is 6.80. The van der Waals surface area contributed by atoms with Crippen molar-refractivity contribution in [1.82, 2.24) is 0 Å². The van der Waals surface area contributed by atoms with Crippen molar-refractivity contribution in [3.05, 3.63) is 12.3 Å². The number of rotatable bonds is 1. The fourth-order valence-electron chi connectivity index (χ4n) is 0. The lowest BCUT2D eigenvalue weighted by atomic mass is 10.7. The minimum absolute atomic E-state index is 0.671. The average Bonchev–Trinajstić information content (AvgIpc) is 1.38. The first-order valence-electron chi connectivity index (χ1n) is 1.21. The minimum Gasteiger partial charge on any atom is -0.424 e. The van der Waals surface area contributed by atoms with Crippen LogP contribution in [0.3, 0.4) is 0 Å². The van der Waals surface area contributed by atoms with Crippen LogP contribution in [-0.2, 0) is 3.83 Å². The summed E-state index contributed by atoms with van der Waals surface area (Å²) in [6, 6.07) is 0. The SMILES string of the molecule is C=C(C)OBr. The van der Waals surface area contributed by atoms with Crippen LogP contribution in [0.25, 0.3) is 0 Å². The summed E-state index contributed by atoms with van der Waals surface area (Å²) in [7, 11) is 0. The van der Waals surface area contributed by atoms with E-state index < -0.39 is 0 Å². The maximum absolute atomic E-state index is 4.37. The van der Waals surface area contributed by atoms with E-state index in [0.717, 1.165) is 0 Å². The van der Waals surface area contributed by atoms with Crippen molar-refractivity contribution >= 4 is 16.3 Å². The highest BCUT2D eigenvalue weighted by Gasteiger charge is 1.68. The Hall–Kier alpha value is 0.0200. The van der Waals surface area contributed by atoms with Crippen LogP contribution in [0, 0.1) is 0 Å². The Morgan fingerprint density at radius 3 is 2.20 bits per heavy atom. The third kappa shape index (κ3) is 4.02. The molecule has 0 unspecified atom stereocenters. The summed E-state index contributed by atoms with van der Waals surface area (Å²) in [5.41, 5.74) is 0. The lowest BCUT2D eigenvalue weighted by molar-refractivity contribution is 0.533. The molecule has 0 aliphatic carbocycles. The molecule has 0 bridgehead atoms. The van der Waals surface area contributed by atoms with Crippen molar-refractivity contribution in [2.45, 2.75) is 6.92 Å². The Bertz CT molecular complexity index is 42.2. The molecule has 0 aromatic rings. The van der Waals surface area contributed by atoms with Crippen LogP contribution in [0.4, 0.5) is 0 Å². The van der Waals surface area contributed by atoms with Gasteiger partial charge in [-0.3, -0.25) is 0 Å². The first-order chi connectivity index (χ1) is 2.27. The highest BCUT2D eigenvalue weighted by atomic mass is 79.9. The van der Waals surface area contributed by atoms with E-state index in [4.69, 9.17) is 0 Å². The summed E-state index contributed by atoms with van der Waals surface area (Å²) in [5.74, 6) is 0.671. The van der Waals surface area contributed by atoms with Crippen LogP contribution in [-0.4, -0.2) is 0 Å². The van der Waals surface area contributed by atoms with E-state index in [1.807, 2.05) is 0 Å². The molecule has 0 aliphatic heterocycles. The van der Waals surface area contributed by atoms with Gasteiger partial charge in [0.2, 0.25) is 0 Å². The lowest BCUT2D eigenvalue weighted by Gasteiger charge is -1.83. The zero-order valence-electron chi connectivity index (χ0n) is 2.99. The van der Waals surface area contributed by atoms with Crippen molar-refractivity contribution in [3.8, 4) is 0 Å². The molecule has 0 aromatic heterocycles. The van der Waals surface area contributed by atoms with Gasteiger partial charge in [0.15, 0.2) is 16.3 Å². The van der Waals surface area contributed by atoms with Crippen molar-refractivity contribution in [2.75, 3.05) is 0 Å². The van der Waals surface area contributed by atoms with Gasteiger partial charge in [-0.2, -0.15) is 0 Å². The molecular formula is C3H5BrO. The molecule has 1 nitrogen and oxygen atoms in total. The lowest BCUT2D eigenvalue weighted by Crippen LogP contribution is -1.60. The minimum atomic E-state index is 0.671. The van der Waals surface area contributed by atoms with Gasteiger partial charge in [-0.15, -0.1) is 0 Å². The molecule has 0 radical (unpaired) electrons. The molecule has 0 spiro atoms. The van der Waals surface area contributed by atoms with Crippen LogP contribution in [0.15, 0.2) is 12.3 Å². The van der Waals surface area contributed by atoms with Gasteiger partial charge in [0.05, 0.1) is 0 Å². The van der Waals surface area contributed by atoms with Crippen molar-refractivity contribution < 1.29 is 3.83 Å². The molecule has 30 valence electrons. The molecule has 0 heterocycles. The van der Waals surface area contributed by atoms with E-state index in [1.54, 1.807) is 6.92 Å². The largest absolute Gasteiger partial charge is 0.424 e. The molecule has 0 aromatic carbocycles. The zero-order chi connectivity index (χ0) is 4.28. The topological polar surface area (TPSA) is 9.23 Å².